The average Bonchev–Trinajstić information content (AvgIpc) is 3.05. The lowest BCUT2D eigenvalue weighted by Crippen LogP contribution is -2.50. The van der Waals surface area contributed by atoms with Gasteiger partial charge in [0.2, 0.25) is 0 Å². The molecule has 3 rings (SSSR count). The number of aromatic nitrogens is 1. The van der Waals surface area contributed by atoms with Crippen LogP contribution in [0.3, 0.4) is 0 Å². The van der Waals surface area contributed by atoms with E-state index in [9.17, 15) is 9.59 Å². The zero-order valence-electron chi connectivity index (χ0n) is 18.5. The van der Waals surface area contributed by atoms with E-state index in [1.54, 1.807) is 15.7 Å². The van der Waals surface area contributed by atoms with Crippen LogP contribution in [0, 0.1) is 0 Å². The Morgan fingerprint density at radius 2 is 1.43 bits per heavy atom. The van der Waals surface area contributed by atoms with Gasteiger partial charge in [0.25, 0.3) is 0 Å². The molecular formula is C22H30BrN3O4. The lowest BCUT2D eigenvalue weighted by molar-refractivity contribution is 0.0240. The highest BCUT2D eigenvalue weighted by molar-refractivity contribution is 9.10. The van der Waals surface area contributed by atoms with Gasteiger partial charge in [0, 0.05) is 42.2 Å². The summed E-state index contributed by atoms with van der Waals surface area (Å²) in [6.07, 6.45) is 1.04. The van der Waals surface area contributed by atoms with E-state index in [4.69, 9.17) is 9.47 Å². The van der Waals surface area contributed by atoms with Crippen molar-refractivity contribution in [3.8, 4) is 0 Å². The van der Waals surface area contributed by atoms with Gasteiger partial charge < -0.3 is 19.3 Å². The highest BCUT2D eigenvalue weighted by Crippen LogP contribution is 2.34. The van der Waals surface area contributed by atoms with E-state index in [1.807, 2.05) is 59.7 Å². The number of nitrogens with zero attached hydrogens (tertiary/aromatic N) is 3. The van der Waals surface area contributed by atoms with Crippen molar-refractivity contribution in [1.29, 1.82) is 0 Å². The quantitative estimate of drug-likeness (QED) is 0.559. The van der Waals surface area contributed by atoms with Gasteiger partial charge in [-0.1, -0.05) is 15.9 Å². The third-order valence-electron chi connectivity index (χ3n) is 4.64. The fourth-order valence-electron chi connectivity index (χ4n) is 3.38. The van der Waals surface area contributed by atoms with Crippen molar-refractivity contribution in [2.24, 2.45) is 0 Å². The number of anilines is 1. The van der Waals surface area contributed by atoms with Crippen molar-refractivity contribution in [2.45, 2.75) is 52.7 Å². The fraction of sp³-hybridized carbons (Fsp3) is 0.545. The second-order valence-corrected chi connectivity index (χ2v) is 10.3. The number of hydrogen-bond acceptors (Lipinski definition) is 5. The minimum atomic E-state index is -0.584. The summed E-state index contributed by atoms with van der Waals surface area (Å²) in [7, 11) is 0. The molecule has 1 saturated heterocycles. The number of benzene rings is 1. The van der Waals surface area contributed by atoms with E-state index in [1.165, 1.54) is 0 Å². The molecule has 0 atom stereocenters. The molecule has 164 valence electrons. The molecule has 0 radical (unpaired) electrons. The number of piperazine rings is 1. The van der Waals surface area contributed by atoms with Crippen LogP contribution in [0.2, 0.25) is 0 Å². The summed E-state index contributed by atoms with van der Waals surface area (Å²) in [5, 5.41) is 0.938. The van der Waals surface area contributed by atoms with Crippen LogP contribution in [0.4, 0.5) is 15.3 Å². The Hall–Kier alpha value is -2.22. The number of carbonyl (C=O) groups excluding carboxylic acids is 2. The van der Waals surface area contributed by atoms with Crippen LogP contribution in [-0.4, -0.2) is 59.0 Å². The SMILES string of the molecule is CC(C)(C)OC(=O)N1CCN(c2ccc(Br)c3ccn(C(=O)OC(C)(C)C)c23)CC1. The molecule has 0 N–H and O–H groups in total. The molecule has 0 unspecified atom stereocenters. The Balaban J connectivity index is 1.85. The van der Waals surface area contributed by atoms with Gasteiger partial charge in [0.1, 0.15) is 11.2 Å². The maximum atomic E-state index is 12.8. The standard InChI is InChI=1S/C22H30BrN3O4/c1-21(2,3)29-19(27)25-13-11-24(12-14-25)17-8-7-16(23)15-9-10-26(18(15)17)20(28)30-22(4,5)6/h7-10H,11-14H2,1-6H3. The first-order valence-electron chi connectivity index (χ1n) is 10.1. The monoisotopic (exact) mass is 479 g/mol. The summed E-state index contributed by atoms with van der Waals surface area (Å²) in [5.74, 6) is 0. The Morgan fingerprint density at radius 3 is 2.00 bits per heavy atom. The Kier molecular flexibility index (Phi) is 6.09. The summed E-state index contributed by atoms with van der Waals surface area (Å²) >= 11 is 3.58. The number of fused-ring (bicyclic) bond motifs is 1. The molecule has 1 aliphatic heterocycles. The van der Waals surface area contributed by atoms with Gasteiger partial charge in [-0.3, -0.25) is 4.57 Å². The van der Waals surface area contributed by atoms with Gasteiger partial charge in [-0.05, 0) is 59.7 Å². The van der Waals surface area contributed by atoms with E-state index < -0.39 is 17.3 Å². The topological polar surface area (TPSA) is 64.0 Å². The van der Waals surface area contributed by atoms with Crippen molar-refractivity contribution in [2.75, 3.05) is 31.1 Å². The third kappa shape index (κ3) is 5.09. The lowest BCUT2D eigenvalue weighted by Gasteiger charge is -2.37. The van der Waals surface area contributed by atoms with Crippen molar-refractivity contribution >= 4 is 44.7 Å². The molecule has 1 aromatic heterocycles. The zero-order valence-corrected chi connectivity index (χ0v) is 20.1. The second-order valence-electron chi connectivity index (χ2n) is 9.45. The van der Waals surface area contributed by atoms with Gasteiger partial charge in [-0.2, -0.15) is 0 Å². The molecule has 0 saturated carbocycles. The lowest BCUT2D eigenvalue weighted by atomic mass is 10.2. The largest absolute Gasteiger partial charge is 0.444 e. The number of ether oxygens (including phenoxy) is 2. The minimum absolute atomic E-state index is 0.291. The molecule has 2 aromatic rings. The van der Waals surface area contributed by atoms with Crippen molar-refractivity contribution in [1.82, 2.24) is 9.47 Å². The van der Waals surface area contributed by atoms with Crippen molar-refractivity contribution in [3.05, 3.63) is 28.9 Å². The van der Waals surface area contributed by atoms with Gasteiger partial charge in [0.15, 0.2) is 0 Å². The molecule has 30 heavy (non-hydrogen) atoms. The first kappa shape index (κ1) is 22.5. The molecule has 2 heterocycles. The van der Waals surface area contributed by atoms with Crippen molar-refractivity contribution in [3.63, 3.8) is 0 Å². The average molecular weight is 480 g/mol. The molecule has 0 aliphatic carbocycles. The van der Waals surface area contributed by atoms with Crippen LogP contribution in [-0.2, 0) is 9.47 Å². The summed E-state index contributed by atoms with van der Waals surface area (Å²) in [5.41, 5.74) is 0.636. The minimum Gasteiger partial charge on any atom is -0.444 e. The van der Waals surface area contributed by atoms with Gasteiger partial charge in [-0.15, -0.1) is 0 Å². The first-order chi connectivity index (χ1) is 13.9. The van der Waals surface area contributed by atoms with Crippen LogP contribution >= 0.6 is 15.9 Å². The van der Waals surface area contributed by atoms with Gasteiger partial charge in [-0.25, -0.2) is 9.59 Å². The highest BCUT2D eigenvalue weighted by atomic mass is 79.9. The number of rotatable bonds is 1. The van der Waals surface area contributed by atoms with E-state index in [-0.39, 0.29) is 6.09 Å². The van der Waals surface area contributed by atoms with Crippen LogP contribution in [0.1, 0.15) is 41.5 Å². The fourth-order valence-corrected chi connectivity index (χ4v) is 3.83. The van der Waals surface area contributed by atoms with E-state index >= 15 is 0 Å². The molecule has 1 fully saturated rings. The first-order valence-corrected chi connectivity index (χ1v) is 10.9. The number of carbonyl (C=O) groups is 2. The summed E-state index contributed by atoms with van der Waals surface area (Å²) in [6, 6.07) is 5.89. The normalized spacial score (nSPS) is 15.4. The molecule has 1 aromatic carbocycles. The third-order valence-corrected chi connectivity index (χ3v) is 5.33. The molecule has 0 spiro atoms. The number of amides is 1. The molecule has 0 bridgehead atoms. The Labute approximate surface area is 186 Å². The molecule has 8 heteroatoms. The second kappa shape index (κ2) is 8.13. The molecule has 1 aliphatic rings. The molecular weight excluding hydrogens is 450 g/mol. The number of halogens is 1. The van der Waals surface area contributed by atoms with Gasteiger partial charge >= 0.3 is 12.2 Å². The maximum absolute atomic E-state index is 12.8. The maximum Gasteiger partial charge on any atom is 0.419 e. The van der Waals surface area contributed by atoms with Gasteiger partial charge in [0.05, 0.1) is 11.2 Å². The summed E-state index contributed by atoms with van der Waals surface area (Å²) < 4.78 is 13.5. The van der Waals surface area contributed by atoms with E-state index in [0.717, 1.165) is 21.1 Å². The predicted octanol–water partition coefficient (Wildman–Crippen LogP) is 5.24. The summed E-state index contributed by atoms with van der Waals surface area (Å²) in [6.45, 7) is 13.6. The van der Waals surface area contributed by atoms with E-state index in [2.05, 4.69) is 20.8 Å². The predicted molar refractivity (Wildman–Crippen MR) is 121 cm³/mol. The Bertz CT molecular complexity index is 948. The molecule has 1 amide bonds. The van der Waals surface area contributed by atoms with Crippen LogP contribution < -0.4 is 4.90 Å². The highest BCUT2D eigenvalue weighted by Gasteiger charge is 2.28. The zero-order chi connectivity index (χ0) is 22.3. The van der Waals surface area contributed by atoms with Crippen LogP contribution in [0.5, 0.6) is 0 Å². The number of hydrogen-bond donors (Lipinski definition) is 0. The summed E-state index contributed by atoms with van der Waals surface area (Å²) in [4.78, 5) is 29.1. The van der Waals surface area contributed by atoms with Crippen molar-refractivity contribution < 1.29 is 19.1 Å². The molecule has 7 nitrogen and oxygen atoms in total. The smallest absolute Gasteiger partial charge is 0.419 e. The van der Waals surface area contributed by atoms with Crippen LogP contribution in [0.25, 0.3) is 10.9 Å². The Morgan fingerprint density at radius 1 is 0.867 bits per heavy atom. The van der Waals surface area contributed by atoms with E-state index in [0.29, 0.717) is 26.2 Å². The van der Waals surface area contributed by atoms with Crippen LogP contribution in [0.15, 0.2) is 28.9 Å².